The first-order valence-electron chi connectivity index (χ1n) is 6.76. The van der Waals surface area contributed by atoms with Gasteiger partial charge in [0.05, 0.1) is 5.56 Å². The van der Waals surface area contributed by atoms with Crippen molar-refractivity contribution in [2.45, 2.75) is 13.8 Å². The van der Waals surface area contributed by atoms with Gasteiger partial charge in [-0.1, -0.05) is 18.2 Å². The number of hydrogen-bond donors (Lipinski definition) is 1. The summed E-state index contributed by atoms with van der Waals surface area (Å²) in [5.41, 5.74) is 2.60. The van der Waals surface area contributed by atoms with Crippen LogP contribution in [0.2, 0.25) is 0 Å². The quantitative estimate of drug-likeness (QED) is 0.763. The van der Waals surface area contributed by atoms with Crippen molar-refractivity contribution >= 4 is 22.9 Å². The lowest BCUT2D eigenvalue weighted by Gasteiger charge is -2.08. The molecule has 3 rings (SSSR count). The third kappa shape index (κ3) is 2.62. The molecule has 0 saturated carbocycles. The normalized spacial score (nSPS) is 10.6. The van der Waals surface area contributed by atoms with E-state index in [1.165, 1.54) is 0 Å². The lowest BCUT2D eigenvalue weighted by Crippen LogP contribution is -2.14. The summed E-state index contributed by atoms with van der Waals surface area (Å²) in [5.74, 6) is -0.0632. The molecule has 4 heteroatoms. The number of thiophene rings is 1. The fourth-order valence-corrected chi connectivity index (χ4v) is 3.36. The smallest absolute Gasteiger partial charge is 0.258 e. The molecule has 0 radical (unpaired) electrons. The molecule has 21 heavy (non-hydrogen) atoms. The first-order valence-corrected chi connectivity index (χ1v) is 7.58. The molecule has 1 aromatic carbocycles. The molecule has 0 aliphatic rings. The van der Waals surface area contributed by atoms with Gasteiger partial charge in [-0.2, -0.15) is 0 Å². The van der Waals surface area contributed by atoms with Crippen LogP contribution in [0.5, 0.6) is 0 Å². The van der Waals surface area contributed by atoms with Gasteiger partial charge < -0.3 is 9.88 Å². The Hall–Kier alpha value is -2.33. The number of carbonyl (C=O) groups is 1. The van der Waals surface area contributed by atoms with Gasteiger partial charge >= 0.3 is 0 Å². The van der Waals surface area contributed by atoms with Gasteiger partial charge in [-0.25, -0.2) is 0 Å². The van der Waals surface area contributed by atoms with Crippen LogP contribution < -0.4 is 5.32 Å². The molecule has 0 fully saturated rings. The number of carbonyl (C=O) groups excluding carboxylic acids is 1. The minimum Gasteiger partial charge on any atom is -0.322 e. The fraction of sp³-hybridized carbons (Fsp3) is 0.118. The molecule has 0 unspecified atom stereocenters. The second kappa shape index (κ2) is 5.58. The van der Waals surface area contributed by atoms with Crippen molar-refractivity contribution in [3.05, 3.63) is 70.9 Å². The standard InChI is InChI=1S/C17H16N2OS/c1-12-13(2)21-17(19-10-6-7-11-19)15(12)16(20)18-14-8-4-3-5-9-14/h3-11H,1-2H3,(H,18,20). The molecule has 2 aromatic heterocycles. The number of nitrogens with zero attached hydrogens (tertiary/aromatic N) is 1. The Morgan fingerprint density at radius 2 is 1.71 bits per heavy atom. The SMILES string of the molecule is Cc1sc(-n2cccc2)c(C(=O)Nc2ccccc2)c1C. The maximum absolute atomic E-state index is 12.6. The van der Waals surface area contributed by atoms with Gasteiger partial charge in [-0.15, -0.1) is 11.3 Å². The van der Waals surface area contributed by atoms with Crippen LogP contribution in [0.3, 0.4) is 0 Å². The largest absolute Gasteiger partial charge is 0.322 e. The third-order valence-electron chi connectivity index (χ3n) is 3.46. The minimum absolute atomic E-state index is 0.0632. The molecule has 106 valence electrons. The first-order chi connectivity index (χ1) is 10.2. The number of amides is 1. The molecule has 0 spiro atoms. The van der Waals surface area contributed by atoms with Crippen LogP contribution in [0, 0.1) is 13.8 Å². The van der Waals surface area contributed by atoms with Crippen LogP contribution in [0.1, 0.15) is 20.8 Å². The fourth-order valence-electron chi connectivity index (χ4n) is 2.24. The van der Waals surface area contributed by atoms with Gasteiger partial charge in [0.2, 0.25) is 0 Å². The van der Waals surface area contributed by atoms with Crippen LogP contribution in [0.4, 0.5) is 5.69 Å². The average Bonchev–Trinajstić information content (AvgIpc) is 3.09. The molecular weight excluding hydrogens is 280 g/mol. The highest BCUT2D eigenvalue weighted by Gasteiger charge is 2.20. The molecule has 0 saturated heterocycles. The Kier molecular flexibility index (Phi) is 3.62. The highest BCUT2D eigenvalue weighted by Crippen LogP contribution is 2.31. The van der Waals surface area contributed by atoms with E-state index in [0.29, 0.717) is 0 Å². The second-order valence-corrected chi connectivity index (χ2v) is 6.08. The highest BCUT2D eigenvalue weighted by molar-refractivity contribution is 7.15. The zero-order chi connectivity index (χ0) is 14.8. The predicted molar refractivity (Wildman–Crippen MR) is 87.5 cm³/mol. The summed E-state index contributed by atoms with van der Waals surface area (Å²) in [6.45, 7) is 4.05. The van der Waals surface area contributed by atoms with E-state index in [9.17, 15) is 4.79 Å². The summed E-state index contributed by atoms with van der Waals surface area (Å²) >= 11 is 1.64. The Balaban J connectivity index is 2.00. The maximum atomic E-state index is 12.6. The van der Waals surface area contributed by atoms with Crippen molar-refractivity contribution in [2.75, 3.05) is 5.32 Å². The predicted octanol–water partition coefficient (Wildman–Crippen LogP) is 4.41. The van der Waals surface area contributed by atoms with Crippen molar-refractivity contribution in [2.24, 2.45) is 0 Å². The third-order valence-corrected chi connectivity index (χ3v) is 4.69. The molecule has 0 bridgehead atoms. The maximum Gasteiger partial charge on any atom is 0.258 e. The lowest BCUT2D eigenvalue weighted by molar-refractivity contribution is 0.102. The summed E-state index contributed by atoms with van der Waals surface area (Å²) in [6.07, 6.45) is 3.92. The Labute approximate surface area is 127 Å². The van der Waals surface area contributed by atoms with E-state index < -0.39 is 0 Å². The Bertz CT molecular complexity index is 758. The van der Waals surface area contributed by atoms with Gasteiger partial charge in [0.1, 0.15) is 5.00 Å². The number of aryl methyl sites for hydroxylation is 1. The zero-order valence-electron chi connectivity index (χ0n) is 12.0. The van der Waals surface area contributed by atoms with Crippen molar-refractivity contribution in [1.29, 1.82) is 0 Å². The lowest BCUT2D eigenvalue weighted by atomic mass is 10.1. The summed E-state index contributed by atoms with van der Waals surface area (Å²) < 4.78 is 1.99. The van der Waals surface area contributed by atoms with Crippen molar-refractivity contribution < 1.29 is 4.79 Å². The van der Waals surface area contributed by atoms with Crippen molar-refractivity contribution in [3.63, 3.8) is 0 Å². The zero-order valence-corrected chi connectivity index (χ0v) is 12.8. The summed E-state index contributed by atoms with van der Waals surface area (Å²) in [6, 6.07) is 13.5. The minimum atomic E-state index is -0.0632. The van der Waals surface area contributed by atoms with Crippen LogP contribution in [0.15, 0.2) is 54.9 Å². The molecule has 3 nitrogen and oxygen atoms in total. The van der Waals surface area contributed by atoms with E-state index in [1.54, 1.807) is 11.3 Å². The van der Waals surface area contributed by atoms with Crippen molar-refractivity contribution in [1.82, 2.24) is 4.57 Å². The molecule has 0 aliphatic carbocycles. The summed E-state index contributed by atoms with van der Waals surface area (Å²) in [7, 11) is 0. The molecule has 3 aromatic rings. The van der Waals surface area contributed by atoms with Gasteiger partial charge in [0.15, 0.2) is 0 Å². The highest BCUT2D eigenvalue weighted by atomic mass is 32.1. The summed E-state index contributed by atoms with van der Waals surface area (Å²) in [4.78, 5) is 13.8. The topological polar surface area (TPSA) is 34.0 Å². The number of anilines is 1. The van der Waals surface area contributed by atoms with E-state index >= 15 is 0 Å². The molecule has 0 atom stereocenters. The molecule has 1 amide bonds. The van der Waals surface area contributed by atoms with E-state index in [1.807, 2.05) is 73.3 Å². The molecule has 1 N–H and O–H groups in total. The molecule has 0 aliphatic heterocycles. The van der Waals surface area contributed by atoms with Crippen LogP contribution in [-0.4, -0.2) is 10.5 Å². The van der Waals surface area contributed by atoms with E-state index in [0.717, 1.165) is 26.7 Å². The van der Waals surface area contributed by atoms with Crippen molar-refractivity contribution in [3.8, 4) is 5.00 Å². The second-order valence-electron chi connectivity index (χ2n) is 4.87. The molecular formula is C17H16N2OS. The number of benzene rings is 1. The van der Waals surface area contributed by atoms with Crippen LogP contribution >= 0.6 is 11.3 Å². The van der Waals surface area contributed by atoms with E-state index in [4.69, 9.17) is 0 Å². The number of aromatic nitrogens is 1. The van der Waals surface area contributed by atoms with Crippen LogP contribution in [0.25, 0.3) is 5.00 Å². The van der Waals surface area contributed by atoms with E-state index in [2.05, 4.69) is 5.32 Å². The number of hydrogen-bond acceptors (Lipinski definition) is 2. The Morgan fingerprint density at radius 1 is 1.05 bits per heavy atom. The number of rotatable bonds is 3. The van der Waals surface area contributed by atoms with Gasteiger partial charge in [-0.3, -0.25) is 4.79 Å². The molecule has 2 heterocycles. The first kappa shape index (κ1) is 13.6. The Morgan fingerprint density at radius 3 is 2.38 bits per heavy atom. The van der Waals surface area contributed by atoms with Crippen LogP contribution in [-0.2, 0) is 0 Å². The number of para-hydroxylation sites is 1. The van der Waals surface area contributed by atoms with E-state index in [-0.39, 0.29) is 5.91 Å². The number of nitrogens with one attached hydrogen (secondary N) is 1. The van der Waals surface area contributed by atoms with Gasteiger partial charge in [-0.05, 0) is 43.7 Å². The monoisotopic (exact) mass is 296 g/mol. The van der Waals surface area contributed by atoms with Gasteiger partial charge in [0.25, 0.3) is 5.91 Å². The summed E-state index contributed by atoms with van der Waals surface area (Å²) in [5, 5.41) is 3.93. The average molecular weight is 296 g/mol. The van der Waals surface area contributed by atoms with Gasteiger partial charge in [0, 0.05) is 23.0 Å².